The summed E-state index contributed by atoms with van der Waals surface area (Å²) in [7, 11) is 0. The molecule has 106 heavy (non-hydrogen) atoms. The highest BCUT2D eigenvalue weighted by Gasteiger charge is 2.48. The zero-order valence-corrected chi connectivity index (χ0v) is 58.4. The summed E-state index contributed by atoms with van der Waals surface area (Å²) in [6.45, 7) is 1.08. The fourth-order valence-electron chi connectivity index (χ4n) is 16.9. The average molecular weight is 1390 g/mol. The van der Waals surface area contributed by atoms with Gasteiger partial charge in [0.2, 0.25) is 0 Å². The molecule has 0 saturated carbocycles. The number of furan rings is 2. The Labute approximate surface area is 616 Å². The molecule has 6 heterocycles. The van der Waals surface area contributed by atoms with E-state index in [1.54, 1.807) is 6.26 Å². The topological polar surface area (TPSA) is 104 Å². The summed E-state index contributed by atoms with van der Waals surface area (Å²) in [5.41, 5.74) is 20.2. The second kappa shape index (κ2) is 26.1. The number of hydrogen-bond acceptors (Lipinski definition) is 4. The first-order valence-corrected chi connectivity index (χ1v) is 35.4. The van der Waals surface area contributed by atoms with Gasteiger partial charge in [0.1, 0.15) is 17.1 Å². The summed E-state index contributed by atoms with van der Waals surface area (Å²) in [6, 6.07) is 127. The lowest BCUT2D eigenvalue weighted by Crippen LogP contribution is -2.29. The molecule has 508 valence electrons. The summed E-state index contributed by atoms with van der Waals surface area (Å²) in [5.74, 6) is 0.729. The maximum Gasteiger partial charge on any atom is 0.300 e. The summed E-state index contributed by atoms with van der Waals surface area (Å²) in [5, 5.41) is 30.8. The van der Waals surface area contributed by atoms with Crippen molar-refractivity contribution in [2.24, 2.45) is 0 Å². The van der Waals surface area contributed by atoms with E-state index in [9.17, 15) is 5.11 Å². The highest BCUT2D eigenvalue weighted by molar-refractivity contribution is 6.12. The van der Waals surface area contributed by atoms with Gasteiger partial charge in [0.15, 0.2) is 0 Å². The molecule has 0 aliphatic heterocycles. The Balaban J connectivity index is 0.000000142. The number of aliphatic hydroxyl groups is 1. The van der Waals surface area contributed by atoms with Crippen LogP contribution in [0.25, 0.3) is 133 Å². The van der Waals surface area contributed by atoms with Crippen LogP contribution < -0.4 is 0 Å². The molecule has 1 aliphatic rings. The van der Waals surface area contributed by atoms with Crippen LogP contribution in [0.4, 0.5) is 0 Å². The number of rotatable bonds is 10. The van der Waals surface area contributed by atoms with Crippen LogP contribution in [0.3, 0.4) is 0 Å². The molecule has 0 saturated heterocycles. The predicted octanol–water partition coefficient (Wildman–Crippen LogP) is 23.8. The Morgan fingerprint density at radius 2 is 0.623 bits per heavy atom. The first-order chi connectivity index (χ1) is 51.7. The molecule has 0 bridgehead atoms. The van der Waals surface area contributed by atoms with Crippen LogP contribution in [0, 0.1) is 0 Å². The minimum atomic E-state index is -1.58. The summed E-state index contributed by atoms with van der Waals surface area (Å²) in [6.07, 6.45) is 3.53. The van der Waals surface area contributed by atoms with E-state index in [0.29, 0.717) is 11.3 Å². The molecule has 0 amide bonds. The van der Waals surface area contributed by atoms with Crippen LogP contribution >= 0.6 is 12.4 Å². The molecule has 1 aliphatic carbocycles. The van der Waals surface area contributed by atoms with Gasteiger partial charge < -0.3 is 37.3 Å². The van der Waals surface area contributed by atoms with Crippen LogP contribution in [-0.2, 0) is 15.8 Å². The van der Waals surface area contributed by atoms with E-state index in [1.807, 2.05) is 66.9 Å². The largest absolute Gasteiger partial charge is 0.481 e. The average Bonchev–Trinajstić information content (AvgIpc) is 1.52. The molecular formula is C96H67ClN4O5. The van der Waals surface area contributed by atoms with Crippen molar-refractivity contribution in [1.29, 1.82) is 0 Å². The van der Waals surface area contributed by atoms with E-state index < -0.39 is 17.0 Å². The molecule has 0 unspecified atom stereocenters. The van der Waals surface area contributed by atoms with E-state index in [4.69, 9.17) is 18.7 Å². The standard InChI is InChI=1S/C47H32N2O2.C47H30N2O.C2H4O2.ClH/c50-47(41-28-29-51-46(41)32-14-2-1-3-15-32,33-16-12-18-35(30-33)48-42-24-8-4-20-37(42)38-21-5-9-25-43(38)48)34-17-13-19-36(31-34)49-44-26-10-6-22-39(44)40-23-7-11-27-45(40)49;1-6-22-40-39(21-1)46-41(27-28-50-46)47(40,31-13-11-15-33(29-31)48-42-23-7-2-17-35(42)36-18-3-8-24-43(36)48)32-14-12-16-34(30-32)49-44-25-9-4-19-37(44)38-20-5-10-26-45(38)49;1-2(3)4;/h1-31,50H;1-30H;1H3,(H,3,4);1H. The van der Waals surface area contributed by atoms with Crippen LogP contribution in [0.5, 0.6) is 0 Å². The Morgan fingerprint density at radius 1 is 0.321 bits per heavy atom. The summed E-state index contributed by atoms with van der Waals surface area (Å²) >= 11 is 0. The van der Waals surface area contributed by atoms with Gasteiger partial charge >= 0.3 is 0 Å². The first kappa shape index (κ1) is 64.6. The molecule has 6 aromatic heterocycles. The van der Waals surface area contributed by atoms with E-state index in [1.165, 1.54) is 81.8 Å². The number of para-hydroxylation sites is 8. The number of benzene rings is 14. The Hall–Kier alpha value is -13.4. The van der Waals surface area contributed by atoms with Gasteiger partial charge in [0.05, 0.1) is 62.1 Å². The van der Waals surface area contributed by atoms with Crippen LogP contribution in [0.2, 0.25) is 0 Å². The number of halogens is 1. The molecule has 20 aromatic rings. The lowest BCUT2D eigenvalue weighted by Gasteiger charge is -2.33. The predicted molar refractivity (Wildman–Crippen MR) is 433 cm³/mol. The maximum absolute atomic E-state index is 13.6. The van der Waals surface area contributed by atoms with Crippen molar-refractivity contribution >= 4 is 106 Å². The molecule has 0 atom stereocenters. The quantitative estimate of drug-likeness (QED) is 0.142. The van der Waals surface area contributed by atoms with Gasteiger partial charge in [-0.25, -0.2) is 0 Å². The number of hydrogen-bond donors (Lipinski definition) is 2. The van der Waals surface area contributed by atoms with Crippen LogP contribution in [0.15, 0.2) is 379 Å². The van der Waals surface area contributed by atoms with Gasteiger partial charge in [0.25, 0.3) is 5.97 Å². The van der Waals surface area contributed by atoms with Gasteiger partial charge in [-0.2, -0.15) is 0 Å². The smallest absolute Gasteiger partial charge is 0.300 e. The second-order valence-corrected chi connectivity index (χ2v) is 26.9. The molecule has 21 rings (SSSR count). The van der Waals surface area contributed by atoms with Gasteiger partial charge in [-0.05, 0) is 137 Å². The molecule has 0 spiro atoms. The van der Waals surface area contributed by atoms with Crippen molar-refractivity contribution in [3.05, 3.63) is 409 Å². The number of aliphatic carboxylic acids is 1. The fourth-order valence-corrected chi connectivity index (χ4v) is 16.9. The van der Waals surface area contributed by atoms with Gasteiger partial charge in [-0.1, -0.05) is 249 Å². The summed E-state index contributed by atoms with van der Waals surface area (Å²) < 4.78 is 21.9. The van der Waals surface area contributed by atoms with Crippen LogP contribution in [-0.4, -0.2) is 34.5 Å². The van der Waals surface area contributed by atoms with E-state index >= 15 is 0 Å². The number of carboxylic acids is 1. The van der Waals surface area contributed by atoms with Gasteiger partial charge in [-0.15, -0.1) is 12.4 Å². The monoisotopic (exact) mass is 1390 g/mol. The van der Waals surface area contributed by atoms with E-state index in [-0.39, 0.29) is 12.4 Å². The molecule has 10 heteroatoms. The van der Waals surface area contributed by atoms with Gasteiger partial charge in [-0.3, -0.25) is 4.79 Å². The fraction of sp³-hybridized carbons (Fsp3) is 0.0312. The molecule has 2 N–H and O–H groups in total. The second-order valence-electron chi connectivity index (χ2n) is 26.9. The van der Waals surface area contributed by atoms with Crippen molar-refractivity contribution in [3.63, 3.8) is 0 Å². The van der Waals surface area contributed by atoms with Gasteiger partial charge in [0, 0.05) is 95.0 Å². The van der Waals surface area contributed by atoms with Crippen molar-refractivity contribution in [2.45, 2.75) is 17.9 Å². The highest BCUT2D eigenvalue weighted by Crippen LogP contribution is 2.57. The van der Waals surface area contributed by atoms with Crippen molar-refractivity contribution < 1.29 is 23.8 Å². The Bertz CT molecular complexity index is 6250. The maximum atomic E-state index is 13.6. The zero-order chi connectivity index (χ0) is 70.3. The minimum Gasteiger partial charge on any atom is -0.481 e. The van der Waals surface area contributed by atoms with E-state index in [2.05, 4.69) is 316 Å². The zero-order valence-electron chi connectivity index (χ0n) is 57.5. The highest BCUT2D eigenvalue weighted by atomic mass is 35.5. The van der Waals surface area contributed by atoms with Crippen molar-refractivity contribution in [1.82, 2.24) is 18.3 Å². The van der Waals surface area contributed by atoms with Crippen LogP contribution in [0.1, 0.15) is 45.9 Å². The lowest BCUT2D eigenvalue weighted by atomic mass is 9.68. The minimum absolute atomic E-state index is 0. The normalized spacial score (nSPS) is 12.3. The first-order valence-electron chi connectivity index (χ1n) is 35.4. The third-order valence-electron chi connectivity index (χ3n) is 21.2. The SMILES string of the molecule is CC(=O)O.Cl.OC(c1cccc(-n2c3ccccc3c3ccccc32)c1)(c1cccc(-n2c3ccccc3c3ccccc32)c1)c1ccoc1-c1ccccc1.c1cc(-n2c3ccccc3c3ccccc32)cc(C2(c3cccc(-n4c5ccccc5c5ccccc54)c3)c3ccccc3-c3occc32)c1. The molecular weight excluding hydrogens is 1320 g/mol. The summed E-state index contributed by atoms with van der Waals surface area (Å²) in [4.78, 5) is 9.00. The lowest BCUT2D eigenvalue weighted by molar-refractivity contribution is -0.134. The number of nitrogens with zero attached hydrogens (tertiary/aromatic N) is 4. The third-order valence-corrected chi connectivity index (χ3v) is 21.2. The van der Waals surface area contributed by atoms with Crippen molar-refractivity contribution in [2.75, 3.05) is 0 Å². The van der Waals surface area contributed by atoms with E-state index in [0.717, 1.165) is 85.3 Å². The third kappa shape index (κ3) is 10.1. The molecule has 0 fully saturated rings. The Kier molecular flexibility index (Phi) is 15.9. The van der Waals surface area contributed by atoms with Crippen molar-refractivity contribution in [3.8, 4) is 45.4 Å². The number of aromatic nitrogens is 4. The number of carboxylic acid groups (broad SMARTS) is 1. The number of fused-ring (bicyclic) bond motifs is 15. The Morgan fingerprint density at radius 3 is 1.00 bits per heavy atom. The number of carbonyl (C=O) groups is 1. The molecule has 0 radical (unpaired) electrons. The molecule has 9 nitrogen and oxygen atoms in total. The molecule has 14 aromatic carbocycles.